The molecular weight excluding hydrogens is 619 g/mol. The van der Waals surface area contributed by atoms with E-state index in [1.807, 2.05) is 0 Å². The van der Waals surface area contributed by atoms with Crippen molar-refractivity contribution in [3.63, 3.8) is 0 Å². The Morgan fingerprint density at radius 2 is 0.840 bits per heavy atom. The molecule has 3 rings (SSSR count). The van der Waals surface area contributed by atoms with Crippen LogP contribution in [0.3, 0.4) is 0 Å². The molecule has 3 amide bonds. The summed E-state index contributed by atoms with van der Waals surface area (Å²) in [4.78, 5) is 36.6. The average molecular weight is 704 g/mol. The first-order valence-electron chi connectivity index (χ1n) is 21.1. The smallest absolute Gasteiger partial charge is 0.223 e. The van der Waals surface area contributed by atoms with Crippen molar-refractivity contribution in [2.75, 3.05) is 0 Å². The molecule has 3 N–H and O–H groups in total. The lowest BCUT2D eigenvalue weighted by molar-refractivity contribution is -0.128. The number of unbranched alkanes of at least 4 members (excludes halogenated alkanes) is 3. The predicted molar refractivity (Wildman–Crippen MR) is 214 cm³/mol. The van der Waals surface area contributed by atoms with E-state index < -0.39 is 0 Å². The third-order valence-electron chi connectivity index (χ3n) is 10.3. The van der Waals surface area contributed by atoms with Gasteiger partial charge in [0, 0.05) is 34.4 Å². The Hall–Kier alpha value is -1.59. The molecule has 6 nitrogen and oxygen atoms in total. The summed E-state index contributed by atoms with van der Waals surface area (Å²) < 4.78 is 0. The summed E-state index contributed by atoms with van der Waals surface area (Å²) >= 11 is 0. The molecule has 3 fully saturated rings. The molecule has 0 heterocycles. The fourth-order valence-electron chi connectivity index (χ4n) is 6.81. The van der Waals surface area contributed by atoms with Gasteiger partial charge >= 0.3 is 0 Å². The van der Waals surface area contributed by atoms with E-state index >= 15 is 0 Å². The molecular formula is C44H85N3O3. The van der Waals surface area contributed by atoms with Gasteiger partial charge in [-0.2, -0.15) is 0 Å². The first kappa shape index (κ1) is 46.4. The Morgan fingerprint density at radius 3 is 1.06 bits per heavy atom. The van der Waals surface area contributed by atoms with Crippen LogP contribution in [-0.4, -0.2) is 34.3 Å². The minimum atomic E-state index is -0.100. The highest BCUT2D eigenvalue weighted by atomic mass is 16.2. The second-order valence-corrected chi connectivity index (χ2v) is 19.7. The maximum absolute atomic E-state index is 12.2. The largest absolute Gasteiger partial charge is 0.351 e. The third-order valence-corrected chi connectivity index (χ3v) is 10.3. The van der Waals surface area contributed by atoms with E-state index in [1.165, 1.54) is 77.0 Å². The Bertz CT molecular complexity index is 922. The molecule has 0 spiro atoms. The molecule has 50 heavy (non-hydrogen) atoms. The van der Waals surface area contributed by atoms with Gasteiger partial charge in [0.15, 0.2) is 0 Å². The van der Waals surface area contributed by atoms with Crippen LogP contribution in [0, 0.1) is 41.4 Å². The fourth-order valence-corrected chi connectivity index (χ4v) is 6.81. The topological polar surface area (TPSA) is 87.3 Å². The number of nitrogens with one attached hydrogen (secondary N) is 3. The number of amides is 3. The van der Waals surface area contributed by atoms with Crippen molar-refractivity contribution < 1.29 is 14.4 Å². The molecule has 3 aliphatic carbocycles. The summed E-state index contributed by atoms with van der Waals surface area (Å²) in [5.41, 5.74) is -0.289. The van der Waals surface area contributed by atoms with Crippen LogP contribution in [0.5, 0.6) is 0 Å². The molecule has 0 aromatic rings. The Labute approximate surface area is 311 Å². The molecule has 5 unspecified atom stereocenters. The molecule has 6 heteroatoms. The van der Waals surface area contributed by atoms with E-state index in [2.05, 4.69) is 106 Å². The van der Waals surface area contributed by atoms with Crippen LogP contribution in [-0.2, 0) is 14.4 Å². The summed E-state index contributed by atoms with van der Waals surface area (Å²) in [6, 6.07) is 0. The normalized spacial score (nSPS) is 20.8. The highest BCUT2D eigenvalue weighted by Crippen LogP contribution is 2.43. The molecule has 3 saturated carbocycles. The van der Waals surface area contributed by atoms with Gasteiger partial charge in [0.05, 0.1) is 0 Å². The van der Waals surface area contributed by atoms with Crippen LogP contribution in [0.25, 0.3) is 0 Å². The van der Waals surface area contributed by atoms with E-state index in [4.69, 9.17) is 0 Å². The van der Waals surface area contributed by atoms with Crippen LogP contribution >= 0.6 is 0 Å². The monoisotopic (exact) mass is 704 g/mol. The molecule has 0 bridgehead atoms. The molecule has 0 aromatic carbocycles. The van der Waals surface area contributed by atoms with Crippen LogP contribution in [0.15, 0.2) is 0 Å². The summed E-state index contributed by atoms with van der Waals surface area (Å²) in [6.45, 7) is 27.4. The summed E-state index contributed by atoms with van der Waals surface area (Å²) in [7, 11) is 0. The van der Waals surface area contributed by atoms with Crippen LogP contribution < -0.4 is 16.0 Å². The molecule has 294 valence electrons. The van der Waals surface area contributed by atoms with Crippen LogP contribution in [0.1, 0.15) is 206 Å². The third kappa shape index (κ3) is 23.1. The van der Waals surface area contributed by atoms with Gasteiger partial charge in [-0.15, -0.1) is 0 Å². The molecule has 0 aliphatic heterocycles. The molecule has 0 aromatic heterocycles. The SMILES string of the molecule is CCCCC(CC1CC1)C(=O)NC(C)(C)C.CCCCC(CC1CC1C)C(=O)NC(C)(C)C.CCCCC(CC1CCC1)C(=O)NC(C)(C)C. The lowest BCUT2D eigenvalue weighted by atomic mass is 9.77. The zero-order valence-corrected chi connectivity index (χ0v) is 35.5. The highest BCUT2D eigenvalue weighted by Gasteiger charge is 2.37. The zero-order valence-electron chi connectivity index (χ0n) is 35.5. The van der Waals surface area contributed by atoms with Crippen molar-refractivity contribution in [2.24, 2.45) is 41.4 Å². The number of rotatable bonds is 18. The molecule has 3 aliphatic rings. The second-order valence-electron chi connectivity index (χ2n) is 19.7. The van der Waals surface area contributed by atoms with E-state index in [9.17, 15) is 14.4 Å². The quantitative estimate of drug-likeness (QED) is 0.133. The molecule has 5 atom stereocenters. The maximum Gasteiger partial charge on any atom is 0.223 e. The van der Waals surface area contributed by atoms with Crippen molar-refractivity contribution in [1.82, 2.24) is 16.0 Å². The second kappa shape index (κ2) is 22.5. The first-order chi connectivity index (χ1) is 23.2. The standard InChI is InChI=1S/2C15H29NO.C14H27NO/c1-6-7-8-12(10-13-9-11(13)2)14(17)16-15(3,4)5;1-5-6-10-13(11-12-8-7-9-12)14(17)16-15(2,3)4;1-5-6-7-12(10-11-8-9-11)13(16)15-14(2,3)4/h11-13H,6-10H2,1-5H3,(H,16,17);12-13H,5-11H2,1-4H3,(H,16,17);11-12H,5-10H2,1-4H3,(H,15,16). The maximum atomic E-state index is 12.2. The Balaban J connectivity index is 0.000000375. The van der Waals surface area contributed by atoms with Crippen molar-refractivity contribution in [2.45, 2.75) is 222 Å². The van der Waals surface area contributed by atoms with E-state index in [1.54, 1.807) is 0 Å². The summed E-state index contributed by atoms with van der Waals surface area (Å²) in [5.74, 6) is 4.88. The van der Waals surface area contributed by atoms with E-state index in [-0.39, 0.29) is 52.1 Å². The van der Waals surface area contributed by atoms with Crippen molar-refractivity contribution in [1.29, 1.82) is 0 Å². The minimum Gasteiger partial charge on any atom is -0.351 e. The predicted octanol–water partition coefficient (Wildman–Crippen LogP) is 11.2. The summed E-state index contributed by atoms with van der Waals surface area (Å²) in [6.07, 6.45) is 21.6. The number of hydrogen-bond acceptors (Lipinski definition) is 3. The lowest BCUT2D eigenvalue weighted by Gasteiger charge is -2.31. The van der Waals surface area contributed by atoms with Gasteiger partial charge in [0.25, 0.3) is 0 Å². The zero-order chi connectivity index (χ0) is 38.1. The first-order valence-corrected chi connectivity index (χ1v) is 21.1. The van der Waals surface area contributed by atoms with Gasteiger partial charge in [-0.1, -0.05) is 98.3 Å². The molecule has 0 radical (unpaired) electrons. The van der Waals surface area contributed by atoms with Crippen molar-refractivity contribution >= 4 is 17.7 Å². The number of carbonyl (C=O) groups excluding carboxylic acids is 3. The summed E-state index contributed by atoms with van der Waals surface area (Å²) in [5, 5.41) is 9.40. The van der Waals surface area contributed by atoms with Gasteiger partial charge in [-0.3, -0.25) is 14.4 Å². The average Bonchev–Trinajstić information content (AvgIpc) is 3.89. The number of hydrogen-bond donors (Lipinski definition) is 3. The number of carbonyl (C=O) groups is 3. The van der Waals surface area contributed by atoms with Gasteiger partial charge in [-0.05, 0) is 131 Å². The minimum absolute atomic E-state index is 0.0922. The highest BCUT2D eigenvalue weighted by molar-refractivity contribution is 5.80. The fraction of sp³-hybridized carbons (Fsp3) is 0.932. The van der Waals surface area contributed by atoms with E-state index in [0.717, 1.165) is 62.2 Å². The van der Waals surface area contributed by atoms with Gasteiger partial charge < -0.3 is 16.0 Å². The van der Waals surface area contributed by atoms with Gasteiger partial charge in [0.1, 0.15) is 0 Å². The van der Waals surface area contributed by atoms with Gasteiger partial charge in [-0.25, -0.2) is 0 Å². The van der Waals surface area contributed by atoms with E-state index in [0.29, 0.717) is 0 Å². The van der Waals surface area contributed by atoms with Gasteiger partial charge in [0.2, 0.25) is 17.7 Å². The van der Waals surface area contributed by atoms with Crippen LogP contribution in [0.2, 0.25) is 0 Å². The Kier molecular flexibility index (Phi) is 20.9. The molecule has 0 saturated heterocycles. The lowest BCUT2D eigenvalue weighted by Crippen LogP contribution is -2.44. The van der Waals surface area contributed by atoms with Crippen LogP contribution in [0.4, 0.5) is 0 Å². The van der Waals surface area contributed by atoms with Crippen molar-refractivity contribution in [3.05, 3.63) is 0 Å². The Morgan fingerprint density at radius 1 is 0.540 bits per heavy atom. The van der Waals surface area contributed by atoms with Crippen molar-refractivity contribution in [3.8, 4) is 0 Å².